The number of thioether (sulfide) groups is 1. The van der Waals surface area contributed by atoms with Crippen LogP contribution in [-0.4, -0.2) is 31.6 Å². The van der Waals surface area contributed by atoms with Gasteiger partial charge < -0.3 is 14.2 Å². The van der Waals surface area contributed by atoms with E-state index in [2.05, 4.69) is 10.5 Å². The molecular formula is C26H28N2O4S. The van der Waals surface area contributed by atoms with Gasteiger partial charge in [-0.05, 0) is 53.9 Å². The Morgan fingerprint density at radius 2 is 1.76 bits per heavy atom. The molecule has 172 valence electrons. The van der Waals surface area contributed by atoms with Crippen LogP contribution >= 0.6 is 11.8 Å². The van der Waals surface area contributed by atoms with Crippen molar-refractivity contribution in [2.24, 2.45) is 5.10 Å². The van der Waals surface area contributed by atoms with Crippen LogP contribution in [0.4, 0.5) is 0 Å². The first-order valence-electron chi connectivity index (χ1n) is 10.6. The number of carbonyl (C=O) groups is 1. The number of hydrazone groups is 1. The summed E-state index contributed by atoms with van der Waals surface area (Å²) in [5, 5.41) is 4.06. The normalized spacial score (nSPS) is 10.7. The van der Waals surface area contributed by atoms with Crippen LogP contribution in [0, 0.1) is 0 Å². The van der Waals surface area contributed by atoms with Crippen LogP contribution in [0.3, 0.4) is 0 Å². The fourth-order valence-corrected chi connectivity index (χ4v) is 3.70. The van der Waals surface area contributed by atoms with Gasteiger partial charge in [0.25, 0.3) is 0 Å². The maximum Gasteiger partial charge on any atom is 0.250 e. The van der Waals surface area contributed by atoms with Gasteiger partial charge in [0.2, 0.25) is 5.91 Å². The van der Waals surface area contributed by atoms with Crippen LogP contribution in [0.5, 0.6) is 17.2 Å². The molecule has 1 N–H and O–H groups in total. The van der Waals surface area contributed by atoms with E-state index in [1.165, 1.54) is 11.8 Å². The van der Waals surface area contributed by atoms with Gasteiger partial charge in [-0.1, -0.05) is 42.5 Å². The van der Waals surface area contributed by atoms with Crippen LogP contribution < -0.4 is 19.6 Å². The van der Waals surface area contributed by atoms with Gasteiger partial charge in [0, 0.05) is 5.75 Å². The van der Waals surface area contributed by atoms with Crippen molar-refractivity contribution in [3.05, 3.63) is 89.5 Å². The molecule has 0 saturated heterocycles. The van der Waals surface area contributed by atoms with Gasteiger partial charge in [-0.3, -0.25) is 4.79 Å². The summed E-state index contributed by atoms with van der Waals surface area (Å²) < 4.78 is 16.8. The van der Waals surface area contributed by atoms with Crippen molar-refractivity contribution in [3.8, 4) is 17.2 Å². The molecule has 0 aliphatic carbocycles. The van der Waals surface area contributed by atoms with E-state index in [4.69, 9.17) is 14.2 Å². The molecule has 0 bridgehead atoms. The number of benzene rings is 3. The summed E-state index contributed by atoms with van der Waals surface area (Å²) in [4.78, 5) is 12.1. The first-order valence-corrected chi connectivity index (χ1v) is 11.8. The highest BCUT2D eigenvalue weighted by Crippen LogP contribution is 2.29. The zero-order valence-corrected chi connectivity index (χ0v) is 19.6. The molecule has 0 radical (unpaired) electrons. The van der Waals surface area contributed by atoms with E-state index in [-0.39, 0.29) is 5.91 Å². The summed E-state index contributed by atoms with van der Waals surface area (Å²) in [7, 11) is 1.64. The van der Waals surface area contributed by atoms with Crippen LogP contribution in [0.25, 0.3) is 0 Å². The average molecular weight is 465 g/mol. The third-order valence-electron chi connectivity index (χ3n) is 4.57. The zero-order chi connectivity index (χ0) is 23.3. The number of nitrogens with one attached hydrogen (secondary N) is 1. The molecule has 3 aromatic carbocycles. The van der Waals surface area contributed by atoms with E-state index in [9.17, 15) is 4.79 Å². The zero-order valence-electron chi connectivity index (χ0n) is 18.8. The van der Waals surface area contributed by atoms with Gasteiger partial charge >= 0.3 is 0 Å². The van der Waals surface area contributed by atoms with Crippen molar-refractivity contribution in [2.75, 3.05) is 19.5 Å². The number of ether oxygens (including phenoxy) is 3. The standard InChI is InChI=1S/C26H28N2O4S/c1-3-31-25-15-22(11-14-24(25)32-17-20-7-5-4-6-8-20)16-27-28-26(29)19-33-18-21-9-12-23(30-2)13-10-21/h4-16H,3,17-19H2,1-2H3,(H,28,29)/b27-16+. The molecule has 6 nitrogen and oxygen atoms in total. The molecule has 0 saturated carbocycles. The van der Waals surface area contributed by atoms with Gasteiger partial charge in [0.15, 0.2) is 11.5 Å². The SMILES string of the molecule is CCOc1cc(/C=N/NC(=O)CSCc2ccc(OC)cc2)ccc1OCc1ccccc1. The molecule has 3 aromatic rings. The van der Waals surface area contributed by atoms with E-state index in [0.717, 1.165) is 28.2 Å². The van der Waals surface area contributed by atoms with Gasteiger partial charge in [-0.15, -0.1) is 11.8 Å². The topological polar surface area (TPSA) is 69.2 Å². The minimum atomic E-state index is -0.155. The monoisotopic (exact) mass is 464 g/mol. The third-order valence-corrected chi connectivity index (χ3v) is 5.57. The van der Waals surface area contributed by atoms with Crippen molar-refractivity contribution < 1.29 is 19.0 Å². The Kier molecular flexibility index (Phi) is 9.66. The van der Waals surface area contributed by atoms with Crippen molar-refractivity contribution in [2.45, 2.75) is 19.3 Å². The molecule has 0 unspecified atom stereocenters. The lowest BCUT2D eigenvalue weighted by molar-refractivity contribution is -0.118. The summed E-state index contributed by atoms with van der Waals surface area (Å²) >= 11 is 1.53. The first kappa shape index (κ1) is 24.2. The smallest absolute Gasteiger partial charge is 0.250 e. The van der Waals surface area contributed by atoms with Crippen molar-refractivity contribution in [1.29, 1.82) is 0 Å². The molecule has 1 amide bonds. The van der Waals surface area contributed by atoms with Crippen molar-refractivity contribution in [3.63, 3.8) is 0 Å². The molecule has 0 spiro atoms. The van der Waals surface area contributed by atoms with E-state index in [1.54, 1.807) is 13.3 Å². The second-order valence-corrected chi connectivity index (χ2v) is 8.03. The molecule has 0 aliphatic rings. The number of amides is 1. The van der Waals surface area contributed by atoms with Crippen molar-refractivity contribution in [1.82, 2.24) is 5.43 Å². The van der Waals surface area contributed by atoms with Gasteiger partial charge in [0.05, 0.1) is 25.7 Å². The van der Waals surface area contributed by atoms with Crippen LogP contribution in [0.1, 0.15) is 23.6 Å². The highest BCUT2D eigenvalue weighted by Gasteiger charge is 2.07. The molecule has 7 heteroatoms. The van der Waals surface area contributed by atoms with Crippen molar-refractivity contribution >= 4 is 23.9 Å². The predicted octanol–water partition coefficient (Wildman–Crippen LogP) is 5.06. The Hall–Kier alpha value is -3.45. The molecular weight excluding hydrogens is 436 g/mol. The Bertz CT molecular complexity index is 1040. The largest absolute Gasteiger partial charge is 0.497 e. The number of carbonyl (C=O) groups excluding carboxylic acids is 1. The van der Waals surface area contributed by atoms with Gasteiger partial charge in [-0.25, -0.2) is 5.43 Å². The lowest BCUT2D eigenvalue weighted by Gasteiger charge is -2.12. The number of methoxy groups -OCH3 is 1. The van der Waals surface area contributed by atoms with Crippen LogP contribution in [-0.2, 0) is 17.2 Å². The molecule has 3 rings (SSSR count). The van der Waals surface area contributed by atoms with Crippen LogP contribution in [0.15, 0.2) is 77.9 Å². The maximum atomic E-state index is 12.1. The van der Waals surface area contributed by atoms with E-state index >= 15 is 0 Å². The Morgan fingerprint density at radius 3 is 2.48 bits per heavy atom. The number of rotatable bonds is 12. The molecule has 33 heavy (non-hydrogen) atoms. The Labute approximate surface area is 199 Å². The summed E-state index contributed by atoms with van der Waals surface area (Å²) in [5.41, 5.74) is 5.58. The molecule has 0 aromatic heterocycles. The molecule has 0 aliphatic heterocycles. The fraction of sp³-hybridized carbons (Fsp3) is 0.231. The minimum absolute atomic E-state index is 0.155. The fourth-order valence-electron chi connectivity index (χ4n) is 2.92. The first-order chi connectivity index (χ1) is 16.2. The molecule has 0 heterocycles. The number of nitrogens with zero attached hydrogens (tertiary/aromatic N) is 1. The Morgan fingerprint density at radius 1 is 0.970 bits per heavy atom. The third kappa shape index (κ3) is 8.20. The molecule has 0 fully saturated rings. The highest BCUT2D eigenvalue weighted by molar-refractivity contribution is 7.99. The number of hydrogen-bond acceptors (Lipinski definition) is 6. The molecule has 0 atom stereocenters. The number of hydrogen-bond donors (Lipinski definition) is 1. The quantitative estimate of drug-likeness (QED) is 0.300. The van der Waals surface area contributed by atoms with E-state index in [1.807, 2.05) is 79.7 Å². The lowest BCUT2D eigenvalue weighted by atomic mass is 10.2. The van der Waals surface area contributed by atoms with Gasteiger partial charge in [0.1, 0.15) is 12.4 Å². The Balaban J connectivity index is 1.47. The second kappa shape index (κ2) is 13.2. The lowest BCUT2D eigenvalue weighted by Crippen LogP contribution is -2.19. The summed E-state index contributed by atoms with van der Waals surface area (Å²) in [5.74, 6) is 3.02. The predicted molar refractivity (Wildman–Crippen MR) is 133 cm³/mol. The van der Waals surface area contributed by atoms with Crippen LogP contribution in [0.2, 0.25) is 0 Å². The van der Waals surface area contributed by atoms with Gasteiger partial charge in [-0.2, -0.15) is 5.10 Å². The van der Waals surface area contributed by atoms with E-state index in [0.29, 0.717) is 30.5 Å². The second-order valence-electron chi connectivity index (χ2n) is 7.05. The highest BCUT2D eigenvalue weighted by atomic mass is 32.2. The van der Waals surface area contributed by atoms with E-state index < -0.39 is 0 Å². The maximum absolute atomic E-state index is 12.1. The summed E-state index contributed by atoms with van der Waals surface area (Å²) in [6.07, 6.45) is 1.59. The minimum Gasteiger partial charge on any atom is -0.497 e. The summed E-state index contributed by atoms with van der Waals surface area (Å²) in [6, 6.07) is 23.3. The summed E-state index contributed by atoms with van der Waals surface area (Å²) in [6.45, 7) is 2.90. The average Bonchev–Trinajstić information content (AvgIpc) is 2.85.